The van der Waals surface area contributed by atoms with Crippen molar-refractivity contribution in [3.05, 3.63) is 101 Å². The minimum atomic E-state index is -0.865. The Morgan fingerprint density at radius 3 is 2.16 bits per heavy atom. The van der Waals surface area contributed by atoms with Crippen molar-refractivity contribution >= 4 is 29.6 Å². The number of esters is 1. The first kappa shape index (κ1) is 23.4. The quantitative estimate of drug-likeness (QED) is 0.156. The van der Waals surface area contributed by atoms with E-state index in [1.807, 2.05) is 79.7 Å². The van der Waals surface area contributed by atoms with Crippen molar-refractivity contribution in [2.45, 2.75) is 6.92 Å². The van der Waals surface area contributed by atoms with Gasteiger partial charge in [-0.15, -0.1) is 0 Å². The van der Waals surface area contributed by atoms with Crippen molar-refractivity contribution in [1.29, 1.82) is 0 Å². The Balaban J connectivity index is 2.16. The molecule has 0 aliphatic carbocycles. The molecule has 5 heteroatoms. The van der Waals surface area contributed by atoms with E-state index in [1.165, 1.54) is 18.2 Å². The van der Waals surface area contributed by atoms with Crippen LogP contribution in [0.25, 0.3) is 12.2 Å². The standard InChI is InChI=1S/C26H27NO4/c1-4-31-26(30)25(24(29)19-16-20-10-6-5-7-11-20)23(28)13-9-8-12-21-14-17-22(18-15-21)27(2)3/h5-19,29H,4H2,1-3H3/b12-8+,13-9+,19-16+,25-24+. The van der Waals surface area contributed by atoms with Crippen LogP contribution in [-0.2, 0) is 14.3 Å². The lowest BCUT2D eigenvalue weighted by atomic mass is 10.1. The maximum Gasteiger partial charge on any atom is 0.345 e. The summed E-state index contributed by atoms with van der Waals surface area (Å²) in [5.41, 5.74) is 2.47. The molecule has 0 spiro atoms. The van der Waals surface area contributed by atoms with Crippen molar-refractivity contribution in [2.75, 3.05) is 25.6 Å². The molecule has 0 aliphatic heterocycles. The molecule has 0 aromatic heterocycles. The molecule has 0 unspecified atom stereocenters. The fourth-order valence-electron chi connectivity index (χ4n) is 2.63. The summed E-state index contributed by atoms with van der Waals surface area (Å²) in [6, 6.07) is 17.2. The van der Waals surface area contributed by atoms with Gasteiger partial charge in [0.1, 0.15) is 11.3 Å². The summed E-state index contributed by atoms with van der Waals surface area (Å²) >= 11 is 0. The highest BCUT2D eigenvalue weighted by Gasteiger charge is 2.21. The first-order valence-electron chi connectivity index (χ1n) is 9.92. The SMILES string of the molecule is CCOC(=O)/C(C(=O)/C=C/C=C/c1ccc(N(C)C)cc1)=C(O)\C=C\c1ccccc1. The number of aliphatic hydroxyl groups is 1. The van der Waals surface area contributed by atoms with Gasteiger partial charge >= 0.3 is 5.97 Å². The molecule has 0 radical (unpaired) electrons. The van der Waals surface area contributed by atoms with Gasteiger partial charge in [-0.3, -0.25) is 4.79 Å². The molecule has 2 rings (SSSR count). The van der Waals surface area contributed by atoms with Crippen molar-refractivity contribution in [3.8, 4) is 0 Å². The van der Waals surface area contributed by atoms with Gasteiger partial charge in [0.05, 0.1) is 6.61 Å². The second-order valence-electron chi connectivity index (χ2n) is 6.79. The molecule has 1 N–H and O–H groups in total. The Bertz CT molecular complexity index is 997. The molecular formula is C26H27NO4. The van der Waals surface area contributed by atoms with Crippen LogP contribution >= 0.6 is 0 Å². The number of nitrogens with zero attached hydrogens (tertiary/aromatic N) is 1. The zero-order valence-corrected chi connectivity index (χ0v) is 18.0. The van der Waals surface area contributed by atoms with Crippen molar-refractivity contribution in [1.82, 2.24) is 0 Å². The summed E-state index contributed by atoms with van der Waals surface area (Å²) in [7, 11) is 3.94. The number of hydrogen-bond acceptors (Lipinski definition) is 5. The van der Waals surface area contributed by atoms with Crippen LogP contribution in [0.2, 0.25) is 0 Å². The third kappa shape index (κ3) is 7.48. The van der Waals surface area contributed by atoms with Gasteiger partial charge in [-0.05, 0) is 42.3 Å². The Morgan fingerprint density at radius 1 is 0.903 bits per heavy atom. The van der Waals surface area contributed by atoms with E-state index in [4.69, 9.17) is 4.74 Å². The molecule has 31 heavy (non-hydrogen) atoms. The van der Waals surface area contributed by atoms with Crippen molar-refractivity contribution in [2.24, 2.45) is 0 Å². The van der Waals surface area contributed by atoms with E-state index in [2.05, 4.69) is 0 Å². The van der Waals surface area contributed by atoms with E-state index >= 15 is 0 Å². The minimum Gasteiger partial charge on any atom is -0.507 e. The summed E-state index contributed by atoms with van der Waals surface area (Å²) in [5.74, 6) is -1.95. The molecular weight excluding hydrogens is 390 g/mol. The molecule has 0 amide bonds. The fraction of sp³-hybridized carbons (Fsp3) is 0.154. The number of aliphatic hydroxyl groups excluding tert-OH is 1. The topological polar surface area (TPSA) is 66.8 Å². The van der Waals surface area contributed by atoms with Crippen LogP contribution in [0.3, 0.4) is 0 Å². The third-order valence-electron chi connectivity index (χ3n) is 4.27. The highest BCUT2D eigenvalue weighted by atomic mass is 16.5. The van der Waals surface area contributed by atoms with Crippen LogP contribution in [0.1, 0.15) is 18.1 Å². The zero-order chi connectivity index (χ0) is 22.6. The van der Waals surface area contributed by atoms with E-state index < -0.39 is 23.1 Å². The van der Waals surface area contributed by atoms with Gasteiger partial charge in [-0.25, -0.2) is 4.79 Å². The van der Waals surface area contributed by atoms with Crippen molar-refractivity contribution < 1.29 is 19.4 Å². The number of anilines is 1. The number of carbonyl (C=O) groups is 2. The molecule has 0 saturated carbocycles. The number of ether oxygens (including phenoxy) is 1. The van der Waals surface area contributed by atoms with Gasteiger partial charge in [0, 0.05) is 19.8 Å². The van der Waals surface area contributed by atoms with E-state index in [9.17, 15) is 14.7 Å². The van der Waals surface area contributed by atoms with Gasteiger partial charge < -0.3 is 14.7 Å². The number of rotatable bonds is 9. The first-order valence-corrected chi connectivity index (χ1v) is 9.92. The molecule has 5 nitrogen and oxygen atoms in total. The Morgan fingerprint density at radius 2 is 1.55 bits per heavy atom. The van der Waals surface area contributed by atoms with E-state index in [0.29, 0.717) is 0 Å². The van der Waals surface area contributed by atoms with Crippen LogP contribution in [0.4, 0.5) is 5.69 Å². The van der Waals surface area contributed by atoms with Gasteiger partial charge in [-0.1, -0.05) is 66.8 Å². The molecule has 0 saturated heterocycles. The maximum absolute atomic E-state index is 12.6. The summed E-state index contributed by atoms with van der Waals surface area (Å²) in [5, 5.41) is 10.4. The fourth-order valence-corrected chi connectivity index (χ4v) is 2.63. The highest BCUT2D eigenvalue weighted by Crippen LogP contribution is 2.14. The van der Waals surface area contributed by atoms with Crippen LogP contribution in [0.15, 0.2) is 90.2 Å². The van der Waals surface area contributed by atoms with E-state index in [0.717, 1.165) is 16.8 Å². The summed E-state index contributed by atoms with van der Waals surface area (Å²) in [6.07, 6.45) is 9.21. The average molecular weight is 418 g/mol. The monoisotopic (exact) mass is 417 g/mol. The van der Waals surface area contributed by atoms with E-state index in [1.54, 1.807) is 19.1 Å². The molecule has 0 fully saturated rings. The molecule has 2 aromatic rings. The van der Waals surface area contributed by atoms with Gasteiger partial charge in [0.25, 0.3) is 0 Å². The third-order valence-corrected chi connectivity index (χ3v) is 4.27. The zero-order valence-electron chi connectivity index (χ0n) is 18.0. The molecule has 0 bridgehead atoms. The summed E-state index contributed by atoms with van der Waals surface area (Å²) in [4.78, 5) is 26.8. The second kappa shape index (κ2) is 12.0. The number of allylic oxidation sites excluding steroid dienone is 4. The molecule has 160 valence electrons. The second-order valence-corrected chi connectivity index (χ2v) is 6.79. The predicted octanol–water partition coefficient (Wildman–Crippen LogP) is 4.98. The highest BCUT2D eigenvalue weighted by molar-refractivity contribution is 6.22. The molecule has 0 heterocycles. The normalized spacial score (nSPS) is 12.4. The number of benzene rings is 2. The van der Waals surface area contributed by atoms with Crippen LogP contribution in [0.5, 0.6) is 0 Å². The Kier molecular flexibility index (Phi) is 9.05. The smallest absolute Gasteiger partial charge is 0.345 e. The van der Waals surface area contributed by atoms with Crippen LogP contribution in [0, 0.1) is 0 Å². The predicted molar refractivity (Wildman–Crippen MR) is 126 cm³/mol. The van der Waals surface area contributed by atoms with Gasteiger partial charge in [0.15, 0.2) is 5.78 Å². The Labute approximate surface area is 183 Å². The lowest BCUT2D eigenvalue weighted by molar-refractivity contribution is -0.139. The number of ketones is 1. The molecule has 0 atom stereocenters. The largest absolute Gasteiger partial charge is 0.507 e. The van der Waals surface area contributed by atoms with Crippen LogP contribution < -0.4 is 4.90 Å². The van der Waals surface area contributed by atoms with Gasteiger partial charge in [0.2, 0.25) is 0 Å². The lowest BCUT2D eigenvalue weighted by Gasteiger charge is -2.11. The summed E-state index contributed by atoms with van der Waals surface area (Å²) < 4.78 is 4.94. The lowest BCUT2D eigenvalue weighted by Crippen LogP contribution is -2.16. The minimum absolute atomic E-state index is 0.0951. The maximum atomic E-state index is 12.6. The first-order chi connectivity index (χ1) is 14.9. The number of carbonyl (C=O) groups excluding carboxylic acids is 2. The summed E-state index contributed by atoms with van der Waals surface area (Å²) in [6.45, 7) is 1.73. The molecule has 2 aromatic carbocycles. The van der Waals surface area contributed by atoms with Crippen molar-refractivity contribution in [3.63, 3.8) is 0 Å². The van der Waals surface area contributed by atoms with Gasteiger partial charge in [-0.2, -0.15) is 0 Å². The number of hydrogen-bond donors (Lipinski definition) is 1. The molecule has 0 aliphatic rings. The Hall–Kier alpha value is -3.86. The van der Waals surface area contributed by atoms with Crippen LogP contribution in [-0.4, -0.2) is 37.6 Å². The average Bonchev–Trinajstić information content (AvgIpc) is 2.76. The van der Waals surface area contributed by atoms with E-state index in [-0.39, 0.29) is 6.61 Å².